The molecule has 1 aromatic heterocycles. The molecule has 4 heteroatoms. The molecule has 4 nitrogen and oxygen atoms in total. The van der Waals surface area contributed by atoms with Crippen molar-refractivity contribution in [3.63, 3.8) is 0 Å². The maximum atomic E-state index is 5.91. The Hall–Kier alpha value is -0.870. The number of hydrogen-bond acceptors (Lipinski definition) is 3. The van der Waals surface area contributed by atoms with Gasteiger partial charge in [-0.15, -0.1) is 0 Å². The summed E-state index contributed by atoms with van der Waals surface area (Å²) < 4.78 is 8.08. The lowest BCUT2D eigenvalue weighted by molar-refractivity contribution is 0.0621. The second-order valence-corrected chi connectivity index (χ2v) is 6.28. The van der Waals surface area contributed by atoms with Crippen molar-refractivity contribution in [1.29, 1.82) is 0 Å². The third kappa shape index (κ3) is 3.67. The van der Waals surface area contributed by atoms with E-state index < -0.39 is 0 Å². The standard InChI is InChI=1S/C17H31N3O/c1-5-9-18-13-17(8-10-21-14(17)4)12-16-11-15(6-2)19-20(16)7-3/h11,14,18H,5-10,12-13H2,1-4H3. The summed E-state index contributed by atoms with van der Waals surface area (Å²) in [4.78, 5) is 0. The van der Waals surface area contributed by atoms with Crippen molar-refractivity contribution in [3.05, 3.63) is 17.5 Å². The largest absolute Gasteiger partial charge is 0.378 e. The van der Waals surface area contributed by atoms with Crippen LogP contribution in [0.2, 0.25) is 0 Å². The molecule has 0 spiro atoms. The second-order valence-electron chi connectivity index (χ2n) is 6.28. The first-order chi connectivity index (χ1) is 10.1. The van der Waals surface area contributed by atoms with E-state index >= 15 is 0 Å². The average molecular weight is 293 g/mol. The third-order valence-electron chi connectivity index (χ3n) is 4.84. The van der Waals surface area contributed by atoms with Gasteiger partial charge in [0, 0.05) is 30.8 Å². The van der Waals surface area contributed by atoms with Crippen molar-refractivity contribution in [1.82, 2.24) is 15.1 Å². The molecule has 0 bridgehead atoms. The minimum Gasteiger partial charge on any atom is -0.378 e. The van der Waals surface area contributed by atoms with E-state index in [9.17, 15) is 0 Å². The van der Waals surface area contributed by atoms with Gasteiger partial charge in [-0.1, -0.05) is 13.8 Å². The zero-order valence-corrected chi connectivity index (χ0v) is 14.1. The molecule has 0 radical (unpaired) electrons. The highest BCUT2D eigenvalue weighted by Crippen LogP contribution is 2.38. The van der Waals surface area contributed by atoms with Crippen LogP contribution in [-0.2, 0) is 24.1 Å². The highest BCUT2D eigenvalue weighted by molar-refractivity contribution is 5.14. The Morgan fingerprint density at radius 1 is 1.43 bits per heavy atom. The number of aryl methyl sites for hydroxylation is 2. The van der Waals surface area contributed by atoms with Crippen LogP contribution in [0.15, 0.2) is 6.07 Å². The van der Waals surface area contributed by atoms with Crippen LogP contribution >= 0.6 is 0 Å². The molecule has 2 unspecified atom stereocenters. The van der Waals surface area contributed by atoms with E-state index in [4.69, 9.17) is 9.84 Å². The Balaban J connectivity index is 2.16. The van der Waals surface area contributed by atoms with Gasteiger partial charge in [0.25, 0.3) is 0 Å². The van der Waals surface area contributed by atoms with Crippen molar-refractivity contribution < 1.29 is 4.74 Å². The Morgan fingerprint density at radius 2 is 2.24 bits per heavy atom. The van der Waals surface area contributed by atoms with E-state index in [1.165, 1.54) is 17.8 Å². The van der Waals surface area contributed by atoms with Crippen LogP contribution in [-0.4, -0.2) is 35.6 Å². The molecule has 1 fully saturated rings. The highest BCUT2D eigenvalue weighted by Gasteiger charge is 2.41. The quantitative estimate of drug-likeness (QED) is 0.749. The topological polar surface area (TPSA) is 39.1 Å². The summed E-state index contributed by atoms with van der Waals surface area (Å²) in [6.07, 6.45) is 4.70. The van der Waals surface area contributed by atoms with Gasteiger partial charge in [0.15, 0.2) is 0 Å². The minimum absolute atomic E-state index is 0.215. The predicted molar refractivity (Wildman–Crippen MR) is 86.6 cm³/mol. The van der Waals surface area contributed by atoms with E-state index in [0.29, 0.717) is 6.10 Å². The monoisotopic (exact) mass is 293 g/mol. The summed E-state index contributed by atoms with van der Waals surface area (Å²) in [7, 11) is 0. The maximum Gasteiger partial charge on any atom is 0.0624 e. The summed E-state index contributed by atoms with van der Waals surface area (Å²) in [6, 6.07) is 2.29. The van der Waals surface area contributed by atoms with Crippen LogP contribution in [0.5, 0.6) is 0 Å². The van der Waals surface area contributed by atoms with E-state index in [-0.39, 0.29) is 5.41 Å². The first kappa shape index (κ1) is 16.5. The first-order valence-corrected chi connectivity index (χ1v) is 8.53. The fourth-order valence-electron chi connectivity index (χ4n) is 3.32. The second kappa shape index (κ2) is 7.41. The van der Waals surface area contributed by atoms with Gasteiger partial charge >= 0.3 is 0 Å². The molecular formula is C17H31N3O. The molecule has 120 valence electrons. The minimum atomic E-state index is 0.215. The molecule has 2 heterocycles. The van der Waals surface area contributed by atoms with Crippen LogP contribution < -0.4 is 5.32 Å². The Bertz CT molecular complexity index is 443. The normalized spacial score (nSPS) is 25.6. The predicted octanol–water partition coefficient (Wildman–Crippen LogP) is 2.80. The molecule has 2 rings (SSSR count). The molecule has 0 aromatic carbocycles. The number of rotatable bonds is 8. The lowest BCUT2D eigenvalue weighted by Gasteiger charge is -2.32. The van der Waals surface area contributed by atoms with Crippen LogP contribution in [0.3, 0.4) is 0 Å². The summed E-state index contributed by atoms with van der Waals surface area (Å²) in [6.45, 7) is 12.7. The zero-order chi connectivity index (χ0) is 15.3. The number of hydrogen-bond donors (Lipinski definition) is 1. The van der Waals surface area contributed by atoms with Gasteiger partial charge in [0.05, 0.1) is 11.8 Å². The summed E-state index contributed by atoms with van der Waals surface area (Å²) in [5.74, 6) is 0. The van der Waals surface area contributed by atoms with Crippen LogP contribution in [0, 0.1) is 5.41 Å². The number of nitrogens with zero attached hydrogens (tertiary/aromatic N) is 2. The van der Waals surface area contributed by atoms with Crippen molar-refractivity contribution in [2.45, 2.75) is 66.0 Å². The van der Waals surface area contributed by atoms with Crippen molar-refractivity contribution in [3.8, 4) is 0 Å². The van der Waals surface area contributed by atoms with E-state index in [1.54, 1.807) is 0 Å². The van der Waals surface area contributed by atoms with E-state index in [1.807, 2.05) is 0 Å². The van der Waals surface area contributed by atoms with E-state index in [0.717, 1.165) is 45.5 Å². The summed E-state index contributed by atoms with van der Waals surface area (Å²) in [5, 5.41) is 8.31. The molecule has 1 aliphatic heterocycles. The van der Waals surface area contributed by atoms with E-state index in [2.05, 4.69) is 43.8 Å². The van der Waals surface area contributed by atoms with Gasteiger partial charge in [-0.2, -0.15) is 5.10 Å². The SMILES string of the molecule is CCCNCC1(Cc2cc(CC)nn2CC)CCOC1C. The summed E-state index contributed by atoms with van der Waals surface area (Å²) >= 11 is 0. The number of nitrogens with one attached hydrogen (secondary N) is 1. The molecule has 2 atom stereocenters. The number of aromatic nitrogens is 2. The smallest absolute Gasteiger partial charge is 0.0624 e. The van der Waals surface area contributed by atoms with Gasteiger partial charge in [0.1, 0.15) is 0 Å². The van der Waals surface area contributed by atoms with Gasteiger partial charge in [0.2, 0.25) is 0 Å². The number of ether oxygens (including phenoxy) is 1. The molecule has 21 heavy (non-hydrogen) atoms. The van der Waals surface area contributed by atoms with Crippen LogP contribution in [0.4, 0.5) is 0 Å². The molecule has 0 amide bonds. The van der Waals surface area contributed by atoms with Gasteiger partial charge in [-0.05, 0) is 52.1 Å². The maximum absolute atomic E-state index is 5.91. The highest BCUT2D eigenvalue weighted by atomic mass is 16.5. The molecular weight excluding hydrogens is 262 g/mol. The molecule has 1 aliphatic rings. The fourth-order valence-corrected chi connectivity index (χ4v) is 3.32. The van der Waals surface area contributed by atoms with Crippen LogP contribution in [0.1, 0.15) is 51.9 Å². The average Bonchev–Trinajstić information content (AvgIpc) is 3.04. The first-order valence-electron chi connectivity index (χ1n) is 8.53. The third-order valence-corrected chi connectivity index (χ3v) is 4.84. The van der Waals surface area contributed by atoms with Crippen molar-refractivity contribution in [2.24, 2.45) is 5.41 Å². The van der Waals surface area contributed by atoms with Crippen molar-refractivity contribution >= 4 is 0 Å². The van der Waals surface area contributed by atoms with Gasteiger partial charge in [-0.25, -0.2) is 0 Å². The van der Waals surface area contributed by atoms with Crippen LogP contribution in [0.25, 0.3) is 0 Å². The summed E-state index contributed by atoms with van der Waals surface area (Å²) in [5.41, 5.74) is 2.78. The van der Waals surface area contributed by atoms with Gasteiger partial charge in [-0.3, -0.25) is 4.68 Å². The molecule has 1 N–H and O–H groups in total. The fraction of sp³-hybridized carbons (Fsp3) is 0.824. The lowest BCUT2D eigenvalue weighted by atomic mass is 9.77. The lowest BCUT2D eigenvalue weighted by Crippen LogP contribution is -2.42. The Labute approximate surface area is 129 Å². The Morgan fingerprint density at radius 3 is 2.81 bits per heavy atom. The molecule has 1 saturated heterocycles. The molecule has 0 saturated carbocycles. The molecule has 0 aliphatic carbocycles. The Kier molecular flexibility index (Phi) is 5.82. The molecule has 1 aromatic rings. The zero-order valence-electron chi connectivity index (χ0n) is 14.1. The van der Waals surface area contributed by atoms with Crippen molar-refractivity contribution in [2.75, 3.05) is 19.7 Å². The van der Waals surface area contributed by atoms with Gasteiger partial charge < -0.3 is 10.1 Å².